The molecule has 0 radical (unpaired) electrons. The van der Waals surface area contributed by atoms with Crippen LogP contribution in [0.1, 0.15) is 39.3 Å². The monoisotopic (exact) mass is 373 g/mol. The zero-order valence-electron chi connectivity index (χ0n) is 12.6. The number of imide groups is 1. The second-order valence-corrected chi connectivity index (χ2v) is 6.66. The Bertz CT molecular complexity index is 739. The van der Waals surface area contributed by atoms with E-state index in [0.29, 0.717) is 11.1 Å². The van der Waals surface area contributed by atoms with Gasteiger partial charge in [-0.1, -0.05) is 47.1 Å². The molecule has 2 atom stereocenters. The van der Waals surface area contributed by atoms with Gasteiger partial charge in [-0.2, -0.15) is 0 Å². The Labute approximate surface area is 142 Å². The molecule has 0 aromatic heterocycles. The summed E-state index contributed by atoms with van der Waals surface area (Å²) in [7, 11) is 0. The molecule has 23 heavy (non-hydrogen) atoms. The van der Waals surface area contributed by atoms with Gasteiger partial charge in [0.1, 0.15) is 0 Å². The predicted molar refractivity (Wildman–Crippen MR) is 90.1 cm³/mol. The van der Waals surface area contributed by atoms with E-state index in [1.807, 2.05) is 31.2 Å². The number of rotatable bonds is 4. The van der Waals surface area contributed by atoms with Crippen molar-refractivity contribution in [3.63, 3.8) is 0 Å². The third-order valence-electron chi connectivity index (χ3n) is 4.08. The Morgan fingerprint density at radius 2 is 1.65 bits per heavy atom. The van der Waals surface area contributed by atoms with Gasteiger partial charge in [0.15, 0.2) is 0 Å². The lowest BCUT2D eigenvalue weighted by atomic mass is 9.97. The SMILES string of the molecule is C[C@H](CN1C(=O)c2ccccc2C1=O)[C@@H](O)c1cccc(Br)c1. The molecule has 118 valence electrons. The van der Waals surface area contributed by atoms with E-state index < -0.39 is 6.10 Å². The van der Waals surface area contributed by atoms with Crippen molar-refractivity contribution in [2.75, 3.05) is 6.54 Å². The zero-order valence-corrected chi connectivity index (χ0v) is 14.2. The fourth-order valence-corrected chi connectivity index (χ4v) is 3.23. The van der Waals surface area contributed by atoms with Crippen molar-refractivity contribution >= 4 is 27.7 Å². The van der Waals surface area contributed by atoms with Crippen LogP contribution in [-0.4, -0.2) is 28.4 Å². The maximum absolute atomic E-state index is 12.4. The maximum Gasteiger partial charge on any atom is 0.261 e. The van der Waals surface area contributed by atoms with Crippen molar-refractivity contribution in [3.8, 4) is 0 Å². The fourth-order valence-electron chi connectivity index (χ4n) is 2.81. The van der Waals surface area contributed by atoms with E-state index in [2.05, 4.69) is 15.9 Å². The Kier molecular flexibility index (Phi) is 4.33. The summed E-state index contributed by atoms with van der Waals surface area (Å²) in [6.07, 6.45) is -0.753. The number of carbonyl (C=O) groups excluding carboxylic acids is 2. The van der Waals surface area contributed by atoms with Crippen LogP contribution in [0.2, 0.25) is 0 Å². The first-order valence-electron chi connectivity index (χ1n) is 7.38. The Morgan fingerprint density at radius 1 is 1.04 bits per heavy atom. The van der Waals surface area contributed by atoms with Gasteiger partial charge in [0.05, 0.1) is 17.2 Å². The number of hydrogen-bond acceptors (Lipinski definition) is 3. The molecule has 1 heterocycles. The highest BCUT2D eigenvalue weighted by atomic mass is 79.9. The minimum Gasteiger partial charge on any atom is -0.388 e. The Hall–Kier alpha value is -1.98. The molecule has 2 amide bonds. The molecule has 5 heteroatoms. The van der Waals surface area contributed by atoms with Crippen LogP contribution in [0.15, 0.2) is 53.0 Å². The molecule has 4 nitrogen and oxygen atoms in total. The summed E-state index contributed by atoms with van der Waals surface area (Å²) in [6, 6.07) is 14.2. The normalized spacial score (nSPS) is 16.4. The number of halogens is 1. The Morgan fingerprint density at radius 3 is 2.22 bits per heavy atom. The first-order chi connectivity index (χ1) is 11.0. The van der Waals surface area contributed by atoms with Crippen LogP contribution >= 0.6 is 15.9 Å². The highest BCUT2D eigenvalue weighted by Crippen LogP contribution is 2.28. The summed E-state index contributed by atoms with van der Waals surface area (Å²) in [6.45, 7) is 2.01. The van der Waals surface area contributed by atoms with Gasteiger partial charge < -0.3 is 5.11 Å². The maximum atomic E-state index is 12.4. The molecule has 1 aliphatic rings. The van der Waals surface area contributed by atoms with E-state index >= 15 is 0 Å². The summed E-state index contributed by atoms with van der Waals surface area (Å²) >= 11 is 3.38. The van der Waals surface area contributed by atoms with Gasteiger partial charge in [-0.05, 0) is 29.8 Å². The van der Waals surface area contributed by atoms with E-state index in [9.17, 15) is 14.7 Å². The molecule has 3 rings (SSSR count). The highest BCUT2D eigenvalue weighted by Gasteiger charge is 2.36. The van der Waals surface area contributed by atoms with E-state index in [1.165, 1.54) is 4.90 Å². The molecule has 0 saturated heterocycles. The number of fused-ring (bicyclic) bond motifs is 1. The van der Waals surface area contributed by atoms with Gasteiger partial charge >= 0.3 is 0 Å². The van der Waals surface area contributed by atoms with Gasteiger partial charge in [0.2, 0.25) is 0 Å². The largest absolute Gasteiger partial charge is 0.388 e. The van der Waals surface area contributed by atoms with Crippen molar-refractivity contribution in [1.82, 2.24) is 4.90 Å². The second-order valence-electron chi connectivity index (χ2n) is 5.74. The smallest absolute Gasteiger partial charge is 0.261 e. The third kappa shape index (κ3) is 2.94. The fraction of sp³-hybridized carbons (Fsp3) is 0.222. The van der Waals surface area contributed by atoms with Crippen molar-refractivity contribution in [3.05, 3.63) is 69.7 Å². The molecule has 0 aliphatic carbocycles. The van der Waals surface area contributed by atoms with Crippen molar-refractivity contribution in [2.45, 2.75) is 13.0 Å². The number of benzene rings is 2. The lowest BCUT2D eigenvalue weighted by Gasteiger charge is -2.24. The van der Waals surface area contributed by atoms with Crippen molar-refractivity contribution < 1.29 is 14.7 Å². The van der Waals surface area contributed by atoms with Crippen LogP contribution in [0.3, 0.4) is 0 Å². The van der Waals surface area contributed by atoms with E-state index in [-0.39, 0.29) is 24.3 Å². The molecule has 1 aliphatic heterocycles. The lowest BCUT2D eigenvalue weighted by Crippen LogP contribution is -2.35. The molecular formula is C18H16BrNO3. The number of carbonyl (C=O) groups is 2. The highest BCUT2D eigenvalue weighted by molar-refractivity contribution is 9.10. The third-order valence-corrected chi connectivity index (χ3v) is 4.57. The van der Waals surface area contributed by atoms with Crippen LogP contribution in [0.5, 0.6) is 0 Å². The molecule has 0 fully saturated rings. The number of nitrogens with zero attached hydrogens (tertiary/aromatic N) is 1. The van der Waals surface area contributed by atoms with Crippen molar-refractivity contribution in [2.24, 2.45) is 5.92 Å². The van der Waals surface area contributed by atoms with Gasteiger partial charge in [0.25, 0.3) is 11.8 Å². The molecule has 0 bridgehead atoms. The number of hydrogen-bond donors (Lipinski definition) is 1. The zero-order chi connectivity index (χ0) is 16.6. The summed E-state index contributed by atoms with van der Waals surface area (Å²) < 4.78 is 0.877. The van der Waals surface area contributed by atoms with E-state index in [0.717, 1.165) is 10.0 Å². The topological polar surface area (TPSA) is 57.6 Å². The molecule has 1 N–H and O–H groups in total. The van der Waals surface area contributed by atoms with Gasteiger partial charge in [-0.3, -0.25) is 14.5 Å². The molecule has 2 aromatic rings. The molecule has 0 unspecified atom stereocenters. The number of aliphatic hydroxyl groups is 1. The van der Waals surface area contributed by atoms with Crippen LogP contribution in [-0.2, 0) is 0 Å². The van der Waals surface area contributed by atoms with E-state index in [1.54, 1.807) is 24.3 Å². The van der Waals surface area contributed by atoms with Crippen LogP contribution in [0, 0.1) is 5.92 Å². The summed E-state index contributed by atoms with van der Waals surface area (Å²) in [4.78, 5) is 26.0. The molecule has 0 spiro atoms. The molecule has 0 saturated carbocycles. The average Bonchev–Trinajstić information content (AvgIpc) is 2.79. The minimum atomic E-state index is -0.753. The number of aliphatic hydroxyl groups excluding tert-OH is 1. The van der Waals surface area contributed by atoms with Gasteiger partial charge in [-0.25, -0.2) is 0 Å². The van der Waals surface area contributed by atoms with Crippen LogP contribution in [0.4, 0.5) is 0 Å². The molecule has 2 aromatic carbocycles. The minimum absolute atomic E-state index is 0.181. The summed E-state index contributed by atoms with van der Waals surface area (Å²) in [5.74, 6) is -0.857. The second kappa shape index (κ2) is 6.26. The first-order valence-corrected chi connectivity index (χ1v) is 8.17. The van der Waals surface area contributed by atoms with Crippen molar-refractivity contribution in [1.29, 1.82) is 0 Å². The molecular weight excluding hydrogens is 358 g/mol. The quantitative estimate of drug-likeness (QED) is 0.835. The van der Waals surface area contributed by atoms with E-state index in [4.69, 9.17) is 0 Å². The summed E-state index contributed by atoms with van der Waals surface area (Å²) in [5, 5.41) is 10.5. The average molecular weight is 374 g/mol. The summed E-state index contributed by atoms with van der Waals surface area (Å²) in [5.41, 5.74) is 1.62. The first kappa shape index (κ1) is 15.9. The Balaban J connectivity index is 1.77. The van der Waals surface area contributed by atoms with Crippen LogP contribution < -0.4 is 0 Å². The van der Waals surface area contributed by atoms with Crippen LogP contribution in [0.25, 0.3) is 0 Å². The lowest BCUT2D eigenvalue weighted by molar-refractivity contribution is 0.0537. The standard InChI is InChI=1S/C18H16BrNO3/c1-11(16(21)12-5-4-6-13(19)9-12)10-20-17(22)14-7-2-3-8-15(14)18(20)23/h2-9,11,16,21H,10H2,1H3/t11-,16-/m1/s1. The number of amides is 2. The van der Waals surface area contributed by atoms with Gasteiger partial charge in [-0.15, -0.1) is 0 Å². The predicted octanol–water partition coefficient (Wildman–Crippen LogP) is 3.41. The van der Waals surface area contributed by atoms with Gasteiger partial charge in [0, 0.05) is 16.9 Å².